The lowest BCUT2D eigenvalue weighted by molar-refractivity contribution is 1.41. The molecule has 0 heterocycles. The lowest BCUT2D eigenvalue weighted by Crippen LogP contribution is -1.92. The van der Waals surface area contributed by atoms with Crippen LogP contribution in [0.3, 0.4) is 0 Å². The fourth-order valence-electron chi connectivity index (χ4n) is 0.723. The van der Waals surface area contributed by atoms with E-state index in [4.69, 9.17) is 0 Å². The molecule has 0 bridgehead atoms. The molecule has 0 radical (unpaired) electrons. The van der Waals surface area contributed by atoms with Crippen molar-refractivity contribution in [2.45, 2.75) is 33.0 Å². The third-order valence-corrected chi connectivity index (χ3v) is 3.72. The van der Waals surface area contributed by atoms with E-state index in [0.29, 0.717) is 0 Å². The van der Waals surface area contributed by atoms with Crippen molar-refractivity contribution >= 4 is 14.4 Å². The number of hydrogen-bond acceptors (Lipinski definition) is 0. The summed E-state index contributed by atoms with van der Waals surface area (Å²) in [5.41, 5.74) is 2.34. The largest absolute Gasteiger partial charge is 0.0955 e. The van der Waals surface area contributed by atoms with Gasteiger partial charge >= 0.3 is 0 Å². The molecule has 0 saturated heterocycles. The summed E-state index contributed by atoms with van der Waals surface area (Å²) >= 11 is 0. The highest BCUT2D eigenvalue weighted by atomic mass is 28.3. The molecule has 1 aromatic rings. The van der Waals surface area contributed by atoms with Crippen LogP contribution in [0, 0.1) is 0 Å². The first-order chi connectivity index (χ1) is 6.57. The van der Waals surface area contributed by atoms with E-state index < -0.39 is 0 Å². The Balaban J connectivity index is 0.000000292. The van der Waals surface area contributed by atoms with E-state index in [1.165, 1.54) is 11.6 Å². The lowest BCUT2D eigenvalue weighted by atomic mass is 10.1. The monoisotopic (exact) mass is 206 g/mol. The summed E-state index contributed by atoms with van der Waals surface area (Å²) in [5.74, 6) is 0. The normalized spacial score (nSPS) is 9.21. The molecule has 1 rings (SSSR count). The minimum Gasteiger partial charge on any atom is -0.0955 e. The van der Waals surface area contributed by atoms with Gasteiger partial charge in [-0.25, -0.2) is 0 Å². The summed E-state index contributed by atoms with van der Waals surface area (Å²) in [4.78, 5) is 0. The molecule has 0 aromatic heterocycles. The maximum Gasteiger partial charge on any atom is 0.0302 e. The van der Waals surface area contributed by atoms with Crippen molar-refractivity contribution in [1.82, 2.24) is 0 Å². The zero-order valence-electron chi connectivity index (χ0n) is 9.88. The fourth-order valence-corrected chi connectivity index (χ4v) is 0.723. The summed E-state index contributed by atoms with van der Waals surface area (Å²) < 4.78 is 0. The van der Waals surface area contributed by atoms with Crippen LogP contribution in [0.5, 0.6) is 0 Å². The van der Waals surface area contributed by atoms with Gasteiger partial charge in [-0.05, 0) is 12.5 Å². The van der Waals surface area contributed by atoms with Crippen LogP contribution in [0.25, 0.3) is 5.57 Å². The van der Waals surface area contributed by atoms with Gasteiger partial charge in [0.2, 0.25) is 0 Å². The van der Waals surface area contributed by atoms with E-state index in [1.807, 2.05) is 25.1 Å². The van der Waals surface area contributed by atoms with E-state index in [2.05, 4.69) is 38.7 Å². The van der Waals surface area contributed by atoms with Crippen LogP contribution in [0.1, 0.15) is 19.4 Å². The third kappa shape index (κ3) is 6.67. The third-order valence-electron chi connectivity index (χ3n) is 2.08. The molecule has 14 heavy (non-hydrogen) atoms. The molecule has 0 spiro atoms. The Morgan fingerprint density at radius 1 is 1.21 bits per heavy atom. The molecule has 0 N–H and O–H groups in total. The SMILES string of the molecule is C=C(C)c1ccccc1.CC[SiH](C)C. The smallest absolute Gasteiger partial charge is 0.0302 e. The standard InChI is InChI=1S/C9H10.C4H12Si/c1-8(2)9-6-4-3-5-7-9;1-4-5(2)3/h3-7H,1H2,2H3;5H,4H2,1-3H3. The van der Waals surface area contributed by atoms with Gasteiger partial charge in [-0.15, -0.1) is 0 Å². The first kappa shape index (κ1) is 13.2. The second-order valence-electron chi connectivity index (χ2n) is 3.95. The Morgan fingerprint density at radius 2 is 1.64 bits per heavy atom. The molecule has 1 heteroatoms. The number of benzene rings is 1. The Bertz CT molecular complexity index is 249. The van der Waals surface area contributed by atoms with Crippen LogP contribution in [0.4, 0.5) is 0 Å². The van der Waals surface area contributed by atoms with Gasteiger partial charge in [0.05, 0.1) is 0 Å². The second kappa shape index (κ2) is 7.57. The van der Waals surface area contributed by atoms with E-state index in [-0.39, 0.29) is 8.80 Å². The Labute approximate surface area is 90.3 Å². The molecule has 0 fully saturated rings. The molecule has 0 nitrogen and oxygen atoms in total. The summed E-state index contributed by atoms with van der Waals surface area (Å²) in [6.45, 7) is 12.8. The van der Waals surface area contributed by atoms with E-state index in [1.54, 1.807) is 0 Å². The van der Waals surface area contributed by atoms with Crippen molar-refractivity contribution < 1.29 is 0 Å². The highest BCUT2D eigenvalue weighted by Crippen LogP contribution is 2.08. The zero-order valence-corrected chi connectivity index (χ0v) is 11.0. The molecule has 0 unspecified atom stereocenters. The highest BCUT2D eigenvalue weighted by Gasteiger charge is 1.86. The molecule has 0 saturated carbocycles. The average Bonchev–Trinajstić information content (AvgIpc) is 2.20. The van der Waals surface area contributed by atoms with Crippen molar-refractivity contribution in [2.75, 3.05) is 0 Å². The quantitative estimate of drug-likeness (QED) is 0.636. The lowest BCUT2D eigenvalue weighted by Gasteiger charge is -1.94. The van der Waals surface area contributed by atoms with Crippen molar-refractivity contribution in [2.24, 2.45) is 0 Å². The first-order valence-electron chi connectivity index (χ1n) is 5.28. The summed E-state index contributed by atoms with van der Waals surface area (Å²) in [6.07, 6.45) is 0. The zero-order chi connectivity index (χ0) is 11.0. The Hall–Kier alpha value is -0.823. The topological polar surface area (TPSA) is 0 Å². The Morgan fingerprint density at radius 3 is 1.86 bits per heavy atom. The molecule has 0 aliphatic rings. The van der Waals surface area contributed by atoms with Gasteiger partial charge in [0, 0.05) is 8.80 Å². The summed E-state index contributed by atoms with van der Waals surface area (Å²) in [7, 11) is -0.150. The van der Waals surface area contributed by atoms with Gasteiger partial charge in [0.15, 0.2) is 0 Å². The van der Waals surface area contributed by atoms with Crippen molar-refractivity contribution in [3.05, 3.63) is 42.5 Å². The summed E-state index contributed by atoms with van der Waals surface area (Å²) in [5, 5.41) is 0. The maximum atomic E-state index is 3.83. The van der Waals surface area contributed by atoms with Gasteiger partial charge in [0.1, 0.15) is 0 Å². The van der Waals surface area contributed by atoms with Gasteiger partial charge in [0.25, 0.3) is 0 Å². The minimum atomic E-state index is -0.150. The maximum absolute atomic E-state index is 3.83. The number of hydrogen-bond donors (Lipinski definition) is 0. The predicted octanol–water partition coefficient (Wildman–Crippen LogP) is 4.21. The van der Waals surface area contributed by atoms with E-state index in [0.717, 1.165) is 5.57 Å². The molecular weight excluding hydrogens is 184 g/mol. The van der Waals surface area contributed by atoms with Gasteiger partial charge in [-0.3, -0.25) is 0 Å². The van der Waals surface area contributed by atoms with Crippen molar-refractivity contribution in [3.63, 3.8) is 0 Å². The Kier molecular flexibility index (Phi) is 7.12. The molecule has 1 aromatic carbocycles. The van der Waals surface area contributed by atoms with Crippen LogP contribution in [-0.2, 0) is 0 Å². The van der Waals surface area contributed by atoms with Crippen molar-refractivity contribution in [3.8, 4) is 0 Å². The molecule has 78 valence electrons. The van der Waals surface area contributed by atoms with Crippen LogP contribution < -0.4 is 0 Å². The van der Waals surface area contributed by atoms with Crippen LogP contribution >= 0.6 is 0 Å². The van der Waals surface area contributed by atoms with Gasteiger partial charge < -0.3 is 0 Å². The molecule has 0 amide bonds. The number of rotatable bonds is 2. The summed E-state index contributed by atoms with van der Waals surface area (Å²) in [6, 6.07) is 11.6. The van der Waals surface area contributed by atoms with Crippen LogP contribution in [0.15, 0.2) is 36.9 Å². The fraction of sp³-hybridized carbons (Fsp3) is 0.385. The van der Waals surface area contributed by atoms with Crippen molar-refractivity contribution in [1.29, 1.82) is 0 Å². The second-order valence-corrected chi connectivity index (χ2v) is 7.55. The number of allylic oxidation sites excluding steroid dienone is 1. The van der Waals surface area contributed by atoms with Crippen LogP contribution in [-0.4, -0.2) is 8.80 Å². The molecule has 0 aliphatic heterocycles. The van der Waals surface area contributed by atoms with E-state index in [9.17, 15) is 0 Å². The van der Waals surface area contributed by atoms with Gasteiger partial charge in [-0.2, -0.15) is 0 Å². The van der Waals surface area contributed by atoms with Crippen LogP contribution in [0.2, 0.25) is 19.1 Å². The average molecular weight is 206 g/mol. The molecule has 0 atom stereocenters. The van der Waals surface area contributed by atoms with Gasteiger partial charge in [-0.1, -0.05) is 68.5 Å². The predicted molar refractivity (Wildman–Crippen MR) is 70.5 cm³/mol. The van der Waals surface area contributed by atoms with E-state index >= 15 is 0 Å². The highest BCUT2D eigenvalue weighted by molar-refractivity contribution is 6.55. The first-order valence-corrected chi connectivity index (χ1v) is 8.41. The molecular formula is C13H22Si. The minimum absolute atomic E-state index is 0.150. The molecule has 0 aliphatic carbocycles.